The summed E-state index contributed by atoms with van der Waals surface area (Å²) in [6, 6.07) is 6.02. The molecule has 1 aromatic carbocycles. The Morgan fingerprint density at radius 2 is 2.05 bits per heavy atom. The zero-order chi connectivity index (χ0) is 15.6. The topological polar surface area (TPSA) is 83.7 Å². The molecule has 1 amide bonds. The first kappa shape index (κ1) is 18.9. The number of piperidine rings is 1. The molecule has 0 aromatic heterocycles. The van der Waals surface area contributed by atoms with Gasteiger partial charge in [0.15, 0.2) is 0 Å². The number of carbonyl (C=O) groups excluding carboxylic acids is 1. The fraction of sp³-hybridized carbons (Fsp3) is 0.500. The largest absolute Gasteiger partial charge is 0.345 e. The van der Waals surface area contributed by atoms with Crippen LogP contribution in [0.1, 0.15) is 23.2 Å². The number of rotatable bonds is 3. The van der Waals surface area contributed by atoms with Crippen LogP contribution in [0.4, 0.5) is 0 Å². The third-order valence-corrected chi connectivity index (χ3v) is 5.41. The summed E-state index contributed by atoms with van der Waals surface area (Å²) >= 11 is 0. The summed E-state index contributed by atoms with van der Waals surface area (Å²) in [7, 11) is -0.330. The number of nitrogens with zero attached hydrogens (tertiary/aromatic N) is 2. The van der Waals surface area contributed by atoms with Gasteiger partial charge in [0.2, 0.25) is 10.0 Å². The number of hydrogen-bond donors (Lipinski definition) is 1. The maximum absolute atomic E-state index is 12.6. The maximum Gasteiger partial charge on any atom is 0.253 e. The molecule has 0 radical (unpaired) electrons. The summed E-state index contributed by atoms with van der Waals surface area (Å²) in [6.45, 7) is 0.802. The molecule has 2 N–H and O–H groups in total. The van der Waals surface area contributed by atoms with Gasteiger partial charge in [-0.15, -0.1) is 12.4 Å². The second kappa shape index (κ2) is 7.41. The van der Waals surface area contributed by atoms with Crippen molar-refractivity contribution >= 4 is 28.3 Å². The van der Waals surface area contributed by atoms with Crippen molar-refractivity contribution in [2.45, 2.75) is 23.8 Å². The van der Waals surface area contributed by atoms with Crippen LogP contribution in [0, 0.1) is 0 Å². The number of benzene rings is 1. The number of sulfonamides is 1. The Morgan fingerprint density at radius 1 is 1.36 bits per heavy atom. The van der Waals surface area contributed by atoms with Crippen LogP contribution in [-0.4, -0.2) is 56.8 Å². The second-order valence-electron chi connectivity index (χ2n) is 5.49. The lowest BCUT2D eigenvalue weighted by Crippen LogP contribution is -2.45. The van der Waals surface area contributed by atoms with Gasteiger partial charge in [-0.3, -0.25) is 4.79 Å². The molecule has 1 aromatic rings. The van der Waals surface area contributed by atoms with E-state index in [2.05, 4.69) is 0 Å². The normalized spacial score (nSPS) is 19.3. The Bertz CT molecular complexity index is 634. The zero-order valence-electron chi connectivity index (χ0n) is 12.7. The van der Waals surface area contributed by atoms with Gasteiger partial charge in [-0.2, -0.15) is 4.31 Å². The molecule has 2 rings (SSSR count). The molecule has 8 heteroatoms. The summed E-state index contributed by atoms with van der Waals surface area (Å²) in [6.07, 6.45) is 1.60. The fourth-order valence-electron chi connectivity index (χ4n) is 2.39. The molecule has 124 valence electrons. The third-order valence-electron chi connectivity index (χ3n) is 3.55. The first-order chi connectivity index (χ1) is 9.82. The Morgan fingerprint density at radius 3 is 2.64 bits per heavy atom. The number of carbonyl (C=O) groups is 1. The number of nitrogens with two attached hydrogens (primary N) is 1. The van der Waals surface area contributed by atoms with Gasteiger partial charge in [-0.1, -0.05) is 6.07 Å². The summed E-state index contributed by atoms with van der Waals surface area (Å²) in [5.74, 6) is -0.220. The van der Waals surface area contributed by atoms with Crippen LogP contribution in [-0.2, 0) is 10.0 Å². The smallest absolute Gasteiger partial charge is 0.253 e. The molecule has 1 unspecified atom stereocenters. The maximum atomic E-state index is 12.6. The van der Waals surface area contributed by atoms with Gasteiger partial charge < -0.3 is 10.6 Å². The lowest BCUT2D eigenvalue weighted by atomic mass is 10.1. The van der Waals surface area contributed by atoms with Gasteiger partial charge in [0.05, 0.1) is 4.90 Å². The van der Waals surface area contributed by atoms with Gasteiger partial charge in [-0.05, 0) is 31.0 Å². The highest BCUT2D eigenvalue weighted by Crippen LogP contribution is 2.21. The molecule has 1 aliphatic rings. The molecule has 1 heterocycles. The molecule has 0 spiro atoms. The standard InChI is InChI=1S/C14H21N3O3S.ClH/c1-16(2)14(18)11-5-3-7-13(9-11)21(19,20)17-8-4-6-12(15)10-17;/h3,5,7,9,12H,4,6,8,10,15H2,1-2H3;1H. The van der Waals surface area contributed by atoms with Crippen molar-refractivity contribution in [3.8, 4) is 0 Å². The van der Waals surface area contributed by atoms with E-state index in [1.165, 1.54) is 21.3 Å². The average Bonchev–Trinajstić information content (AvgIpc) is 2.46. The van der Waals surface area contributed by atoms with E-state index in [9.17, 15) is 13.2 Å². The van der Waals surface area contributed by atoms with E-state index in [-0.39, 0.29) is 29.3 Å². The highest BCUT2D eigenvalue weighted by atomic mass is 35.5. The van der Waals surface area contributed by atoms with Crippen molar-refractivity contribution in [2.24, 2.45) is 5.73 Å². The summed E-state index contributed by atoms with van der Waals surface area (Å²) in [5.41, 5.74) is 6.21. The summed E-state index contributed by atoms with van der Waals surface area (Å²) < 4.78 is 26.6. The van der Waals surface area contributed by atoms with E-state index in [1.54, 1.807) is 26.2 Å². The first-order valence-electron chi connectivity index (χ1n) is 6.90. The molecule has 0 bridgehead atoms. The van der Waals surface area contributed by atoms with E-state index < -0.39 is 10.0 Å². The Labute approximate surface area is 137 Å². The molecule has 6 nitrogen and oxygen atoms in total. The van der Waals surface area contributed by atoms with Gasteiger partial charge in [-0.25, -0.2) is 8.42 Å². The molecule has 0 aliphatic carbocycles. The van der Waals surface area contributed by atoms with Crippen molar-refractivity contribution in [1.29, 1.82) is 0 Å². The molecule has 1 fully saturated rings. The molecule has 1 aliphatic heterocycles. The number of amides is 1. The third kappa shape index (κ3) is 3.98. The Hall–Kier alpha value is -1.15. The van der Waals surface area contributed by atoms with Crippen molar-refractivity contribution < 1.29 is 13.2 Å². The van der Waals surface area contributed by atoms with Gasteiger partial charge >= 0.3 is 0 Å². The molecule has 1 saturated heterocycles. The van der Waals surface area contributed by atoms with Crippen molar-refractivity contribution in [1.82, 2.24) is 9.21 Å². The van der Waals surface area contributed by atoms with Crippen LogP contribution in [0.15, 0.2) is 29.2 Å². The van der Waals surface area contributed by atoms with E-state index in [0.29, 0.717) is 18.7 Å². The average molecular weight is 348 g/mol. The quantitative estimate of drug-likeness (QED) is 0.881. The van der Waals surface area contributed by atoms with Crippen LogP contribution in [0.25, 0.3) is 0 Å². The van der Waals surface area contributed by atoms with Gasteiger partial charge in [0.25, 0.3) is 5.91 Å². The van der Waals surface area contributed by atoms with E-state index >= 15 is 0 Å². The Balaban J connectivity index is 0.00000242. The van der Waals surface area contributed by atoms with Crippen LogP contribution >= 0.6 is 12.4 Å². The number of hydrogen-bond acceptors (Lipinski definition) is 4. The van der Waals surface area contributed by atoms with Gasteiger partial charge in [0, 0.05) is 38.8 Å². The minimum atomic E-state index is -3.59. The summed E-state index contributed by atoms with van der Waals surface area (Å²) in [5, 5.41) is 0. The van der Waals surface area contributed by atoms with Crippen LogP contribution in [0.3, 0.4) is 0 Å². The molecule has 0 saturated carbocycles. The van der Waals surface area contributed by atoms with Crippen LogP contribution < -0.4 is 5.73 Å². The minimum Gasteiger partial charge on any atom is -0.345 e. The number of halogens is 1. The van der Waals surface area contributed by atoms with Crippen molar-refractivity contribution in [3.63, 3.8) is 0 Å². The van der Waals surface area contributed by atoms with E-state index in [4.69, 9.17) is 5.73 Å². The Kier molecular flexibility index (Phi) is 6.37. The fourth-order valence-corrected chi connectivity index (χ4v) is 3.97. The second-order valence-corrected chi connectivity index (χ2v) is 7.43. The monoisotopic (exact) mass is 347 g/mol. The van der Waals surface area contributed by atoms with Crippen molar-refractivity contribution in [3.05, 3.63) is 29.8 Å². The highest BCUT2D eigenvalue weighted by molar-refractivity contribution is 7.89. The predicted molar refractivity (Wildman–Crippen MR) is 87.7 cm³/mol. The van der Waals surface area contributed by atoms with E-state index in [1.807, 2.05) is 0 Å². The van der Waals surface area contributed by atoms with E-state index in [0.717, 1.165) is 12.8 Å². The molecular weight excluding hydrogens is 326 g/mol. The van der Waals surface area contributed by atoms with Crippen LogP contribution in [0.5, 0.6) is 0 Å². The predicted octanol–water partition coefficient (Wildman–Crippen LogP) is 0.922. The van der Waals surface area contributed by atoms with Crippen molar-refractivity contribution in [2.75, 3.05) is 27.2 Å². The minimum absolute atomic E-state index is 0. The first-order valence-corrected chi connectivity index (χ1v) is 8.34. The highest BCUT2D eigenvalue weighted by Gasteiger charge is 2.29. The summed E-state index contributed by atoms with van der Waals surface area (Å²) in [4.78, 5) is 13.5. The zero-order valence-corrected chi connectivity index (χ0v) is 14.4. The molecule has 1 atom stereocenters. The molecule has 22 heavy (non-hydrogen) atoms. The van der Waals surface area contributed by atoms with Crippen LogP contribution in [0.2, 0.25) is 0 Å². The lowest BCUT2D eigenvalue weighted by Gasteiger charge is -2.30. The SMILES string of the molecule is CN(C)C(=O)c1cccc(S(=O)(=O)N2CCCC(N)C2)c1.Cl. The van der Waals surface area contributed by atoms with Gasteiger partial charge in [0.1, 0.15) is 0 Å². The molecular formula is C14H22ClN3O3S. The lowest BCUT2D eigenvalue weighted by molar-refractivity contribution is 0.0827.